The van der Waals surface area contributed by atoms with E-state index >= 15 is 0 Å². The van der Waals surface area contributed by atoms with Gasteiger partial charge in [-0.2, -0.15) is 0 Å². The number of carbonyl (C=O) groups excluding carboxylic acids is 1. The zero-order chi connectivity index (χ0) is 15.3. The number of rotatable bonds is 5. The number of urea groups is 1. The molecule has 2 amide bonds. The van der Waals surface area contributed by atoms with Crippen LogP contribution in [-0.4, -0.2) is 35.8 Å². The molecule has 0 saturated carbocycles. The number of aromatic hydroxyl groups is 1. The molecule has 0 saturated heterocycles. The highest BCUT2D eigenvalue weighted by Crippen LogP contribution is 2.21. The van der Waals surface area contributed by atoms with Crippen molar-refractivity contribution in [2.45, 2.75) is 20.3 Å². The van der Waals surface area contributed by atoms with Crippen molar-refractivity contribution in [2.24, 2.45) is 5.41 Å². The highest BCUT2D eigenvalue weighted by Gasteiger charge is 2.31. The Morgan fingerprint density at radius 3 is 2.30 bits per heavy atom. The van der Waals surface area contributed by atoms with Crippen LogP contribution in [0.4, 0.5) is 10.5 Å². The van der Waals surface area contributed by atoms with Crippen molar-refractivity contribution in [3.05, 3.63) is 24.3 Å². The maximum absolute atomic E-state index is 12.0. The first kappa shape index (κ1) is 15.8. The van der Waals surface area contributed by atoms with Gasteiger partial charge in [-0.15, -0.1) is 0 Å². The van der Waals surface area contributed by atoms with Gasteiger partial charge in [0.2, 0.25) is 0 Å². The number of amides is 2. The van der Waals surface area contributed by atoms with Crippen molar-refractivity contribution in [1.82, 2.24) is 5.32 Å². The Morgan fingerprint density at radius 1 is 1.30 bits per heavy atom. The van der Waals surface area contributed by atoms with E-state index in [1.165, 1.54) is 17.0 Å². The largest absolute Gasteiger partial charge is 0.508 e. The molecule has 0 aliphatic rings. The first-order valence-corrected chi connectivity index (χ1v) is 6.34. The lowest BCUT2D eigenvalue weighted by Crippen LogP contribution is -2.45. The Bertz CT molecular complexity index is 486. The fourth-order valence-corrected chi connectivity index (χ4v) is 1.53. The van der Waals surface area contributed by atoms with Gasteiger partial charge in [-0.25, -0.2) is 4.79 Å². The molecule has 0 spiro atoms. The quantitative estimate of drug-likeness (QED) is 0.770. The van der Waals surface area contributed by atoms with Crippen LogP contribution in [0.2, 0.25) is 0 Å². The zero-order valence-electron chi connectivity index (χ0n) is 11.9. The molecule has 3 N–H and O–H groups in total. The van der Waals surface area contributed by atoms with Crippen LogP contribution in [0.15, 0.2) is 24.3 Å². The summed E-state index contributed by atoms with van der Waals surface area (Å²) in [5, 5.41) is 20.9. The summed E-state index contributed by atoms with van der Waals surface area (Å²) in [6.07, 6.45) is 0.422. The predicted molar refractivity (Wildman–Crippen MR) is 75.9 cm³/mol. The van der Waals surface area contributed by atoms with Crippen LogP contribution in [-0.2, 0) is 4.79 Å². The van der Waals surface area contributed by atoms with Crippen molar-refractivity contribution in [1.29, 1.82) is 0 Å². The van der Waals surface area contributed by atoms with Crippen molar-refractivity contribution < 1.29 is 19.8 Å². The number of hydrogen-bond donors (Lipinski definition) is 3. The van der Waals surface area contributed by atoms with Gasteiger partial charge in [-0.3, -0.25) is 9.69 Å². The van der Waals surface area contributed by atoms with E-state index in [4.69, 9.17) is 5.11 Å². The van der Waals surface area contributed by atoms with Crippen LogP contribution in [0.25, 0.3) is 0 Å². The molecule has 1 rings (SSSR count). The first-order valence-electron chi connectivity index (χ1n) is 6.34. The average molecular weight is 280 g/mol. The van der Waals surface area contributed by atoms with Gasteiger partial charge in [-0.05, 0) is 37.6 Å². The number of phenolic OH excluding ortho intramolecular Hbond substituents is 1. The lowest BCUT2D eigenvalue weighted by atomic mass is 9.88. The van der Waals surface area contributed by atoms with E-state index < -0.39 is 17.4 Å². The van der Waals surface area contributed by atoms with E-state index in [-0.39, 0.29) is 12.3 Å². The van der Waals surface area contributed by atoms with E-state index in [0.29, 0.717) is 12.1 Å². The van der Waals surface area contributed by atoms with Gasteiger partial charge in [0.1, 0.15) is 5.75 Å². The molecule has 0 aromatic heterocycles. The van der Waals surface area contributed by atoms with Crippen LogP contribution in [0.1, 0.15) is 20.3 Å². The topological polar surface area (TPSA) is 89.9 Å². The lowest BCUT2D eigenvalue weighted by Gasteiger charge is -2.25. The molecule has 0 radical (unpaired) electrons. The van der Waals surface area contributed by atoms with E-state index in [1.807, 2.05) is 0 Å². The number of carboxylic acids is 1. The van der Waals surface area contributed by atoms with Crippen molar-refractivity contribution in [3.8, 4) is 5.75 Å². The highest BCUT2D eigenvalue weighted by atomic mass is 16.4. The fraction of sp³-hybridized carbons (Fsp3) is 0.429. The SMILES string of the molecule is CCC(C)(CNC(=O)N(C)c1ccc(O)cc1)C(=O)O. The minimum Gasteiger partial charge on any atom is -0.508 e. The molecule has 1 aromatic rings. The van der Waals surface area contributed by atoms with Gasteiger partial charge in [0.15, 0.2) is 0 Å². The number of aliphatic carboxylic acids is 1. The van der Waals surface area contributed by atoms with Crippen LogP contribution >= 0.6 is 0 Å². The first-order chi connectivity index (χ1) is 9.30. The normalized spacial score (nSPS) is 13.3. The van der Waals surface area contributed by atoms with Gasteiger partial charge in [0, 0.05) is 19.3 Å². The molecule has 0 heterocycles. The molecular weight excluding hydrogens is 260 g/mol. The number of phenols is 1. The van der Waals surface area contributed by atoms with Crippen molar-refractivity contribution in [2.75, 3.05) is 18.5 Å². The highest BCUT2D eigenvalue weighted by molar-refractivity contribution is 5.91. The molecule has 0 aliphatic heterocycles. The Hall–Kier alpha value is -2.24. The monoisotopic (exact) mass is 280 g/mol. The minimum absolute atomic E-state index is 0.0556. The zero-order valence-corrected chi connectivity index (χ0v) is 11.9. The number of anilines is 1. The van der Waals surface area contributed by atoms with Crippen molar-refractivity contribution in [3.63, 3.8) is 0 Å². The van der Waals surface area contributed by atoms with Gasteiger partial charge in [-0.1, -0.05) is 6.92 Å². The van der Waals surface area contributed by atoms with Crippen LogP contribution in [0.5, 0.6) is 5.75 Å². The number of nitrogens with one attached hydrogen (secondary N) is 1. The summed E-state index contributed by atoms with van der Waals surface area (Å²) in [6, 6.07) is 5.77. The van der Waals surface area contributed by atoms with Gasteiger partial charge in [0.25, 0.3) is 0 Å². The van der Waals surface area contributed by atoms with Crippen LogP contribution in [0.3, 0.4) is 0 Å². The Balaban J connectivity index is 2.67. The summed E-state index contributed by atoms with van der Waals surface area (Å²) in [6.45, 7) is 3.42. The second-order valence-corrected chi connectivity index (χ2v) is 4.95. The maximum atomic E-state index is 12.0. The molecule has 1 unspecified atom stereocenters. The van der Waals surface area contributed by atoms with Crippen LogP contribution < -0.4 is 10.2 Å². The smallest absolute Gasteiger partial charge is 0.321 e. The summed E-state index contributed by atoms with van der Waals surface area (Å²) < 4.78 is 0. The van der Waals surface area contributed by atoms with E-state index in [0.717, 1.165) is 0 Å². The van der Waals surface area contributed by atoms with E-state index in [2.05, 4.69) is 5.32 Å². The lowest BCUT2D eigenvalue weighted by molar-refractivity contribution is -0.147. The Morgan fingerprint density at radius 2 is 1.85 bits per heavy atom. The third-order valence-corrected chi connectivity index (χ3v) is 3.47. The Labute approximate surface area is 118 Å². The van der Waals surface area contributed by atoms with Gasteiger partial charge in [0.05, 0.1) is 5.41 Å². The second-order valence-electron chi connectivity index (χ2n) is 4.95. The number of nitrogens with zero attached hydrogens (tertiary/aromatic N) is 1. The summed E-state index contributed by atoms with van der Waals surface area (Å²) in [4.78, 5) is 24.5. The van der Waals surface area contributed by atoms with Gasteiger partial charge < -0.3 is 15.5 Å². The molecular formula is C14H20N2O4. The second kappa shape index (κ2) is 6.27. The third kappa shape index (κ3) is 3.63. The molecule has 6 heteroatoms. The summed E-state index contributed by atoms with van der Waals surface area (Å²) in [5.74, 6) is -0.820. The fourth-order valence-electron chi connectivity index (χ4n) is 1.53. The molecule has 0 aliphatic carbocycles. The summed E-state index contributed by atoms with van der Waals surface area (Å²) in [5.41, 5.74) is -0.375. The maximum Gasteiger partial charge on any atom is 0.321 e. The molecule has 110 valence electrons. The molecule has 0 bridgehead atoms. The summed E-state index contributed by atoms with van der Waals surface area (Å²) >= 11 is 0. The molecule has 1 aromatic carbocycles. The Kier molecular flexibility index (Phi) is 4.96. The number of benzene rings is 1. The van der Waals surface area contributed by atoms with Crippen molar-refractivity contribution >= 4 is 17.7 Å². The van der Waals surface area contributed by atoms with Crippen LogP contribution in [0, 0.1) is 5.41 Å². The number of carboxylic acid groups (broad SMARTS) is 1. The van der Waals surface area contributed by atoms with E-state index in [9.17, 15) is 14.7 Å². The van der Waals surface area contributed by atoms with E-state index in [1.54, 1.807) is 33.0 Å². The minimum atomic E-state index is -0.981. The predicted octanol–water partition coefficient (Wildman–Crippen LogP) is 2.04. The molecule has 1 atom stereocenters. The molecule has 20 heavy (non-hydrogen) atoms. The summed E-state index contributed by atoms with van der Waals surface area (Å²) in [7, 11) is 1.58. The number of carbonyl (C=O) groups is 2. The standard InChI is InChI=1S/C14H20N2O4/c1-4-14(2,12(18)19)9-15-13(20)16(3)10-5-7-11(17)8-6-10/h5-8,17H,4,9H2,1-3H3,(H,15,20)(H,18,19). The molecule has 0 fully saturated rings. The third-order valence-electron chi connectivity index (χ3n) is 3.47. The number of hydrogen-bond acceptors (Lipinski definition) is 3. The molecule has 6 nitrogen and oxygen atoms in total. The average Bonchev–Trinajstić information content (AvgIpc) is 2.44. The van der Waals surface area contributed by atoms with Gasteiger partial charge >= 0.3 is 12.0 Å².